The molecule has 21 heavy (non-hydrogen) atoms. The Morgan fingerprint density at radius 1 is 1.05 bits per heavy atom. The number of rotatable bonds is 5. The van der Waals surface area contributed by atoms with E-state index in [4.69, 9.17) is 4.74 Å². The van der Waals surface area contributed by atoms with Crippen LogP contribution in [0.15, 0.2) is 42.5 Å². The van der Waals surface area contributed by atoms with Gasteiger partial charge >= 0.3 is 0 Å². The van der Waals surface area contributed by atoms with Gasteiger partial charge in [0.15, 0.2) is 0 Å². The van der Waals surface area contributed by atoms with E-state index in [2.05, 4.69) is 48.6 Å². The average molecular weight is 281 g/mol. The molecule has 0 aliphatic heterocycles. The van der Waals surface area contributed by atoms with Crippen LogP contribution < -0.4 is 10.1 Å². The molecule has 2 heteroatoms. The summed E-state index contributed by atoms with van der Waals surface area (Å²) in [7, 11) is 1.72. The first-order valence-electron chi connectivity index (χ1n) is 7.81. The maximum atomic E-state index is 5.37. The van der Waals surface area contributed by atoms with Gasteiger partial charge in [0, 0.05) is 0 Å². The quantitative estimate of drug-likeness (QED) is 0.898. The van der Waals surface area contributed by atoms with Crippen molar-refractivity contribution in [1.29, 1.82) is 0 Å². The summed E-state index contributed by atoms with van der Waals surface area (Å²) in [5.41, 5.74) is 5.66. The summed E-state index contributed by atoms with van der Waals surface area (Å²) >= 11 is 0. The van der Waals surface area contributed by atoms with Crippen molar-refractivity contribution in [2.45, 2.75) is 32.2 Å². The van der Waals surface area contributed by atoms with Crippen LogP contribution in [0.5, 0.6) is 5.75 Å². The van der Waals surface area contributed by atoms with Crippen LogP contribution in [0.25, 0.3) is 0 Å². The summed E-state index contributed by atoms with van der Waals surface area (Å²) in [5, 5.41) is 3.60. The molecule has 1 aliphatic rings. The molecule has 1 N–H and O–H groups in total. The van der Waals surface area contributed by atoms with Crippen LogP contribution in [0, 0.1) is 0 Å². The third-order valence-electron chi connectivity index (χ3n) is 4.29. The Morgan fingerprint density at radius 2 is 1.86 bits per heavy atom. The van der Waals surface area contributed by atoms with Gasteiger partial charge in [0.25, 0.3) is 0 Å². The number of aryl methyl sites for hydroxylation is 2. The SMILES string of the molecule is CCNC(c1cccc(OC)c1)c1ccc2c(c1)CCC2. The zero-order valence-corrected chi connectivity index (χ0v) is 12.9. The highest BCUT2D eigenvalue weighted by atomic mass is 16.5. The molecule has 2 aromatic rings. The molecule has 0 saturated carbocycles. The maximum Gasteiger partial charge on any atom is 0.119 e. The molecule has 110 valence electrons. The molecule has 0 bridgehead atoms. The molecule has 0 heterocycles. The molecule has 0 saturated heterocycles. The summed E-state index contributed by atoms with van der Waals surface area (Å²) < 4.78 is 5.37. The Bertz CT molecular complexity index is 621. The molecule has 0 fully saturated rings. The minimum atomic E-state index is 0.232. The number of fused-ring (bicyclic) bond motifs is 1. The number of hydrogen-bond donors (Lipinski definition) is 1. The summed E-state index contributed by atoms with van der Waals surface area (Å²) in [6, 6.07) is 15.6. The van der Waals surface area contributed by atoms with Crippen LogP contribution in [0.4, 0.5) is 0 Å². The first kappa shape index (κ1) is 14.2. The molecule has 3 rings (SSSR count). The van der Waals surface area contributed by atoms with Gasteiger partial charge in [-0.1, -0.05) is 37.3 Å². The Labute approximate surface area is 127 Å². The first-order valence-corrected chi connectivity index (χ1v) is 7.81. The lowest BCUT2D eigenvalue weighted by molar-refractivity contribution is 0.413. The molecular weight excluding hydrogens is 258 g/mol. The van der Waals surface area contributed by atoms with Crippen molar-refractivity contribution in [3.8, 4) is 5.75 Å². The van der Waals surface area contributed by atoms with Crippen LogP contribution in [-0.4, -0.2) is 13.7 Å². The molecule has 0 amide bonds. The predicted octanol–water partition coefficient (Wildman–Crippen LogP) is 3.88. The third-order valence-corrected chi connectivity index (χ3v) is 4.29. The third kappa shape index (κ3) is 2.96. The second-order valence-corrected chi connectivity index (χ2v) is 5.65. The van der Waals surface area contributed by atoms with Gasteiger partial charge < -0.3 is 10.1 Å². The molecule has 2 aromatic carbocycles. The zero-order chi connectivity index (χ0) is 14.7. The van der Waals surface area contributed by atoms with Crippen molar-refractivity contribution < 1.29 is 4.74 Å². The van der Waals surface area contributed by atoms with Gasteiger partial charge in [-0.15, -0.1) is 0 Å². The van der Waals surface area contributed by atoms with Crippen LogP contribution in [-0.2, 0) is 12.8 Å². The van der Waals surface area contributed by atoms with Gasteiger partial charge in [-0.25, -0.2) is 0 Å². The van der Waals surface area contributed by atoms with Gasteiger partial charge in [0.2, 0.25) is 0 Å². The molecular formula is C19H23NO. The zero-order valence-electron chi connectivity index (χ0n) is 12.9. The minimum Gasteiger partial charge on any atom is -0.497 e. The number of hydrogen-bond acceptors (Lipinski definition) is 2. The van der Waals surface area contributed by atoms with E-state index in [-0.39, 0.29) is 6.04 Å². The van der Waals surface area contributed by atoms with Crippen LogP contribution >= 0.6 is 0 Å². The van der Waals surface area contributed by atoms with E-state index in [1.807, 2.05) is 6.07 Å². The minimum absolute atomic E-state index is 0.232. The normalized spacial score (nSPS) is 14.8. The number of benzene rings is 2. The van der Waals surface area contributed by atoms with E-state index in [1.165, 1.54) is 41.5 Å². The molecule has 0 aromatic heterocycles. The van der Waals surface area contributed by atoms with Gasteiger partial charge in [0.05, 0.1) is 13.2 Å². The van der Waals surface area contributed by atoms with Crippen LogP contribution in [0.3, 0.4) is 0 Å². The van der Waals surface area contributed by atoms with Crippen molar-refractivity contribution in [2.24, 2.45) is 0 Å². The van der Waals surface area contributed by atoms with Crippen LogP contribution in [0.1, 0.15) is 41.6 Å². The van der Waals surface area contributed by atoms with Gasteiger partial charge in [-0.05, 0) is 60.2 Å². The van der Waals surface area contributed by atoms with E-state index in [0.29, 0.717) is 0 Å². The van der Waals surface area contributed by atoms with Gasteiger partial charge in [-0.2, -0.15) is 0 Å². The van der Waals surface area contributed by atoms with Gasteiger partial charge in [-0.3, -0.25) is 0 Å². The monoisotopic (exact) mass is 281 g/mol. The number of nitrogens with one attached hydrogen (secondary N) is 1. The highest BCUT2D eigenvalue weighted by Crippen LogP contribution is 2.29. The second kappa shape index (κ2) is 6.31. The summed E-state index contributed by atoms with van der Waals surface area (Å²) in [4.78, 5) is 0. The summed E-state index contributed by atoms with van der Waals surface area (Å²) in [5.74, 6) is 0.913. The van der Waals surface area contributed by atoms with Crippen molar-refractivity contribution >= 4 is 0 Å². The van der Waals surface area contributed by atoms with E-state index in [1.54, 1.807) is 7.11 Å². The van der Waals surface area contributed by atoms with Crippen LogP contribution in [0.2, 0.25) is 0 Å². The largest absolute Gasteiger partial charge is 0.497 e. The molecule has 0 spiro atoms. The highest BCUT2D eigenvalue weighted by Gasteiger charge is 2.17. The van der Waals surface area contributed by atoms with E-state index >= 15 is 0 Å². The lowest BCUT2D eigenvalue weighted by Gasteiger charge is -2.20. The fraction of sp³-hybridized carbons (Fsp3) is 0.368. The molecule has 1 aliphatic carbocycles. The standard InChI is InChI=1S/C19H23NO/c1-3-20-19(16-8-5-9-18(13-16)21-2)17-11-10-14-6-4-7-15(14)12-17/h5,8-13,19-20H,3-4,6-7H2,1-2H3. The number of methoxy groups -OCH3 is 1. The fourth-order valence-corrected chi connectivity index (χ4v) is 3.22. The maximum absolute atomic E-state index is 5.37. The summed E-state index contributed by atoms with van der Waals surface area (Å²) in [6.07, 6.45) is 3.75. The molecule has 2 nitrogen and oxygen atoms in total. The molecule has 1 atom stereocenters. The van der Waals surface area contributed by atoms with E-state index in [9.17, 15) is 0 Å². The summed E-state index contributed by atoms with van der Waals surface area (Å²) in [6.45, 7) is 3.10. The highest BCUT2D eigenvalue weighted by molar-refractivity contribution is 5.41. The lowest BCUT2D eigenvalue weighted by atomic mass is 9.95. The number of ether oxygens (including phenoxy) is 1. The van der Waals surface area contributed by atoms with Crippen molar-refractivity contribution in [1.82, 2.24) is 5.32 Å². The second-order valence-electron chi connectivity index (χ2n) is 5.65. The smallest absolute Gasteiger partial charge is 0.119 e. The molecule has 1 unspecified atom stereocenters. The molecule has 0 radical (unpaired) electrons. The first-order chi connectivity index (χ1) is 10.3. The lowest BCUT2D eigenvalue weighted by Crippen LogP contribution is -2.22. The van der Waals surface area contributed by atoms with E-state index < -0.39 is 0 Å². The Kier molecular flexibility index (Phi) is 4.26. The van der Waals surface area contributed by atoms with Crippen molar-refractivity contribution in [3.05, 3.63) is 64.7 Å². The van der Waals surface area contributed by atoms with Gasteiger partial charge in [0.1, 0.15) is 5.75 Å². The van der Waals surface area contributed by atoms with Crippen molar-refractivity contribution in [3.63, 3.8) is 0 Å². The Balaban J connectivity index is 1.97. The Morgan fingerprint density at radius 3 is 2.67 bits per heavy atom. The predicted molar refractivity (Wildman–Crippen MR) is 87.0 cm³/mol. The topological polar surface area (TPSA) is 21.3 Å². The van der Waals surface area contributed by atoms with E-state index in [0.717, 1.165) is 12.3 Å². The fourth-order valence-electron chi connectivity index (χ4n) is 3.22. The Hall–Kier alpha value is -1.80. The average Bonchev–Trinajstić information content (AvgIpc) is 3.00. The van der Waals surface area contributed by atoms with Crippen molar-refractivity contribution in [2.75, 3.05) is 13.7 Å².